The van der Waals surface area contributed by atoms with Gasteiger partial charge >= 0.3 is 5.97 Å². The second-order valence-electron chi connectivity index (χ2n) is 5.81. The summed E-state index contributed by atoms with van der Waals surface area (Å²) in [5, 5.41) is 16.4. The summed E-state index contributed by atoms with van der Waals surface area (Å²) in [6.07, 6.45) is 2.12. The van der Waals surface area contributed by atoms with E-state index >= 15 is 0 Å². The molecule has 0 saturated heterocycles. The van der Waals surface area contributed by atoms with Crippen LogP contribution in [0.4, 0.5) is 0 Å². The summed E-state index contributed by atoms with van der Waals surface area (Å²) in [5.74, 6) is -0.780. The Labute approximate surface area is 108 Å². The van der Waals surface area contributed by atoms with Crippen molar-refractivity contribution in [3.8, 4) is 0 Å². The fourth-order valence-electron chi connectivity index (χ4n) is 1.92. The highest BCUT2D eigenvalue weighted by Crippen LogP contribution is 2.24. The van der Waals surface area contributed by atoms with Crippen molar-refractivity contribution in [3.05, 3.63) is 17.5 Å². The third-order valence-electron chi connectivity index (χ3n) is 2.74. The molecule has 2 N–H and O–H groups in total. The molecule has 1 aromatic rings. The lowest BCUT2D eigenvalue weighted by molar-refractivity contribution is -0.137. The molecular weight excluding hydrogens is 230 g/mol. The quantitative estimate of drug-likeness (QED) is 0.837. The largest absolute Gasteiger partial charge is 0.481 e. The average Bonchev–Trinajstić information content (AvgIpc) is 2.55. The van der Waals surface area contributed by atoms with Gasteiger partial charge in [0.1, 0.15) is 0 Å². The van der Waals surface area contributed by atoms with Crippen LogP contribution in [-0.4, -0.2) is 26.9 Å². The van der Waals surface area contributed by atoms with Crippen LogP contribution in [0.2, 0.25) is 0 Å². The van der Waals surface area contributed by atoms with Gasteiger partial charge in [-0.05, 0) is 6.92 Å². The van der Waals surface area contributed by atoms with Crippen LogP contribution >= 0.6 is 0 Å². The highest BCUT2D eigenvalue weighted by molar-refractivity contribution is 5.67. The highest BCUT2D eigenvalue weighted by Gasteiger charge is 2.21. The third-order valence-corrected chi connectivity index (χ3v) is 2.74. The standard InChI is InChI=1S/C13H23N3O2/c1-9(6-11(17)18)14-7-10-8-16(5)15-12(10)13(2,3)4/h8-9,14H,6-7H2,1-5H3,(H,17,18). The van der Waals surface area contributed by atoms with Gasteiger partial charge in [-0.15, -0.1) is 0 Å². The van der Waals surface area contributed by atoms with Crippen molar-refractivity contribution < 1.29 is 9.90 Å². The van der Waals surface area contributed by atoms with Gasteiger partial charge < -0.3 is 10.4 Å². The number of carboxylic acid groups (broad SMARTS) is 1. The molecule has 0 aromatic carbocycles. The maximum Gasteiger partial charge on any atom is 0.304 e. The monoisotopic (exact) mass is 253 g/mol. The van der Waals surface area contributed by atoms with E-state index in [-0.39, 0.29) is 17.9 Å². The number of nitrogens with zero attached hydrogens (tertiary/aromatic N) is 2. The Morgan fingerprint density at radius 1 is 1.56 bits per heavy atom. The van der Waals surface area contributed by atoms with E-state index in [0.29, 0.717) is 6.54 Å². The summed E-state index contributed by atoms with van der Waals surface area (Å²) in [5.41, 5.74) is 2.18. The van der Waals surface area contributed by atoms with E-state index < -0.39 is 5.97 Å². The van der Waals surface area contributed by atoms with Gasteiger partial charge in [-0.3, -0.25) is 9.48 Å². The Bertz CT molecular complexity index is 418. The molecule has 0 fully saturated rings. The second-order valence-corrected chi connectivity index (χ2v) is 5.81. The molecule has 5 heteroatoms. The van der Waals surface area contributed by atoms with Crippen LogP contribution < -0.4 is 5.32 Å². The minimum Gasteiger partial charge on any atom is -0.481 e. The zero-order valence-electron chi connectivity index (χ0n) is 11.8. The smallest absolute Gasteiger partial charge is 0.304 e. The lowest BCUT2D eigenvalue weighted by Crippen LogP contribution is -2.29. The van der Waals surface area contributed by atoms with E-state index in [0.717, 1.165) is 11.3 Å². The number of aromatic nitrogens is 2. The van der Waals surface area contributed by atoms with Gasteiger partial charge in [0.2, 0.25) is 0 Å². The minimum atomic E-state index is -0.780. The number of aryl methyl sites for hydroxylation is 1. The number of aliphatic carboxylic acids is 1. The third kappa shape index (κ3) is 4.14. The van der Waals surface area contributed by atoms with Crippen molar-refractivity contribution in [2.45, 2.75) is 52.1 Å². The summed E-state index contributed by atoms with van der Waals surface area (Å²) < 4.78 is 1.81. The first kappa shape index (κ1) is 14.7. The molecule has 0 amide bonds. The van der Waals surface area contributed by atoms with Crippen molar-refractivity contribution in [3.63, 3.8) is 0 Å². The molecule has 18 heavy (non-hydrogen) atoms. The molecule has 1 heterocycles. The molecule has 1 atom stereocenters. The molecule has 102 valence electrons. The van der Waals surface area contributed by atoms with E-state index in [1.165, 1.54) is 0 Å². The summed E-state index contributed by atoms with van der Waals surface area (Å²) in [6.45, 7) is 8.90. The average molecular weight is 253 g/mol. The zero-order chi connectivity index (χ0) is 13.9. The maximum absolute atomic E-state index is 10.6. The van der Waals surface area contributed by atoms with E-state index in [4.69, 9.17) is 5.11 Å². The van der Waals surface area contributed by atoms with Crippen molar-refractivity contribution in [2.75, 3.05) is 0 Å². The van der Waals surface area contributed by atoms with Gasteiger partial charge in [0.15, 0.2) is 0 Å². The predicted molar refractivity (Wildman–Crippen MR) is 70.5 cm³/mol. The Hall–Kier alpha value is -1.36. The van der Waals surface area contributed by atoms with Crippen molar-refractivity contribution in [1.82, 2.24) is 15.1 Å². The van der Waals surface area contributed by atoms with Gasteiger partial charge in [0, 0.05) is 36.8 Å². The number of carboxylic acids is 1. The molecule has 0 saturated carbocycles. The lowest BCUT2D eigenvalue weighted by atomic mass is 9.89. The first-order chi connectivity index (χ1) is 8.20. The van der Waals surface area contributed by atoms with E-state index in [2.05, 4.69) is 31.2 Å². The summed E-state index contributed by atoms with van der Waals surface area (Å²) in [6, 6.07) is -0.0458. The molecule has 0 aliphatic heterocycles. The summed E-state index contributed by atoms with van der Waals surface area (Å²) in [4.78, 5) is 10.6. The number of rotatable bonds is 5. The normalized spacial score (nSPS) is 13.6. The molecular formula is C13H23N3O2. The number of hydrogen-bond donors (Lipinski definition) is 2. The van der Waals surface area contributed by atoms with Crippen LogP contribution in [0.1, 0.15) is 45.4 Å². The Kier molecular flexibility index (Phi) is 4.51. The zero-order valence-corrected chi connectivity index (χ0v) is 11.8. The maximum atomic E-state index is 10.6. The SMILES string of the molecule is CC(CC(=O)O)NCc1cn(C)nc1C(C)(C)C. The molecule has 1 unspecified atom stereocenters. The molecule has 1 rings (SSSR count). The first-order valence-corrected chi connectivity index (χ1v) is 6.18. The molecule has 0 aliphatic rings. The van der Waals surface area contributed by atoms with E-state index in [1.807, 2.05) is 20.2 Å². The van der Waals surface area contributed by atoms with Crippen LogP contribution in [0, 0.1) is 0 Å². The summed E-state index contributed by atoms with van der Waals surface area (Å²) >= 11 is 0. The van der Waals surface area contributed by atoms with Gasteiger partial charge in [-0.1, -0.05) is 20.8 Å². The Morgan fingerprint density at radius 3 is 2.67 bits per heavy atom. The molecule has 1 aromatic heterocycles. The van der Waals surface area contributed by atoms with Gasteiger partial charge in [-0.2, -0.15) is 5.10 Å². The highest BCUT2D eigenvalue weighted by atomic mass is 16.4. The molecule has 5 nitrogen and oxygen atoms in total. The molecule has 0 spiro atoms. The van der Waals surface area contributed by atoms with Crippen molar-refractivity contribution in [2.24, 2.45) is 7.05 Å². The predicted octanol–water partition coefficient (Wildman–Crippen LogP) is 1.67. The Balaban J connectivity index is 2.70. The van der Waals surface area contributed by atoms with Crippen LogP contribution in [0.25, 0.3) is 0 Å². The summed E-state index contributed by atoms with van der Waals surface area (Å²) in [7, 11) is 1.90. The van der Waals surface area contributed by atoms with Crippen LogP contribution in [-0.2, 0) is 23.8 Å². The van der Waals surface area contributed by atoms with Crippen LogP contribution in [0.5, 0.6) is 0 Å². The topological polar surface area (TPSA) is 67.2 Å². The lowest BCUT2D eigenvalue weighted by Gasteiger charge is -2.18. The Morgan fingerprint density at radius 2 is 2.17 bits per heavy atom. The number of hydrogen-bond acceptors (Lipinski definition) is 3. The number of nitrogens with one attached hydrogen (secondary N) is 1. The van der Waals surface area contributed by atoms with Gasteiger partial charge in [-0.25, -0.2) is 0 Å². The van der Waals surface area contributed by atoms with Gasteiger partial charge in [0.25, 0.3) is 0 Å². The van der Waals surface area contributed by atoms with Gasteiger partial charge in [0.05, 0.1) is 12.1 Å². The molecule has 0 radical (unpaired) electrons. The van der Waals surface area contributed by atoms with Crippen LogP contribution in [0.3, 0.4) is 0 Å². The fourth-order valence-corrected chi connectivity index (χ4v) is 1.92. The molecule has 0 aliphatic carbocycles. The van der Waals surface area contributed by atoms with Crippen molar-refractivity contribution >= 4 is 5.97 Å². The van der Waals surface area contributed by atoms with Crippen molar-refractivity contribution in [1.29, 1.82) is 0 Å². The minimum absolute atomic E-state index is 0.00565. The number of carbonyl (C=O) groups is 1. The van der Waals surface area contributed by atoms with E-state index in [1.54, 1.807) is 4.68 Å². The second kappa shape index (κ2) is 5.52. The van der Waals surface area contributed by atoms with Crippen LogP contribution in [0.15, 0.2) is 6.20 Å². The molecule has 0 bridgehead atoms. The first-order valence-electron chi connectivity index (χ1n) is 6.18. The fraction of sp³-hybridized carbons (Fsp3) is 0.692. The van der Waals surface area contributed by atoms with E-state index in [9.17, 15) is 4.79 Å².